The van der Waals surface area contributed by atoms with E-state index in [-0.39, 0.29) is 0 Å². The van der Waals surface area contributed by atoms with Crippen LogP contribution in [0.15, 0.2) is 12.1 Å². The Morgan fingerprint density at radius 2 is 1.00 bits per heavy atom. The number of hydrogen-bond acceptors (Lipinski definition) is 2. The van der Waals surface area contributed by atoms with Crippen molar-refractivity contribution in [2.75, 3.05) is 14.2 Å². The molecule has 0 spiro atoms. The first-order chi connectivity index (χ1) is 8.12. The molecule has 1 aromatic carbocycles. The average Bonchev–Trinajstić information content (AvgIpc) is 2.24. The Balaban J connectivity index is 3.71. The molecule has 1 aromatic rings. The largest absolute Gasteiger partial charge is 0.496 e. The molecule has 0 saturated heterocycles. The molecule has 0 aromatic heterocycles. The quantitative estimate of drug-likeness (QED) is 0.765. The van der Waals surface area contributed by atoms with Crippen LogP contribution in [0.4, 0.5) is 26.3 Å². The van der Waals surface area contributed by atoms with E-state index >= 15 is 0 Å². The van der Waals surface area contributed by atoms with Crippen LogP contribution < -0.4 is 9.47 Å². The van der Waals surface area contributed by atoms with Crippen molar-refractivity contribution in [3.8, 4) is 11.5 Å². The van der Waals surface area contributed by atoms with Gasteiger partial charge in [-0.1, -0.05) is 0 Å². The topological polar surface area (TPSA) is 18.5 Å². The summed E-state index contributed by atoms with van der Waals surface area (Å²) < 4.78 is 84.9. The van der Waals surface area contributed by atoms with E-state index < -0.39 is 35.0 Å². The first kappa shape index (κ1) is 14.5. The Labute approximate surface area is 98.1 Å². The van der Waals surface area contributed by atoms with Gasteiger partial charge in [-0.15, -0.1) is 0 Å². The van der Waals surface area contributed by atoms with Crippen LogP contribution >= 0.6 is 0 Å². The van der Waals surface area contributed by atoms with Crippen LogP contribution in [0, 0.1) is 0 Å². The lowest BCUT2D eigenvalue weighted by Gasteiger charge is -2.20. The van der Waals surface area contributed by atoms with E-state index in [9.17, 15) is 26.3 Å². The SMILES string of the molecule is COc1ccc(OC)c(C(F)(F)F)c1C(F)(F)F. The molecule has 0 N–H and O–H groups in total. The van der Waals surface area contributed by atoms with Gasteiger partial charge in [0.05, 0.1) is 14.2 Å². The van der Waals surface area contributed by atoms with Gasteiger partial charge in [0, 0.05) is 0 Å². The maximum Gasteiger partial charge on any atom is 0.420 e. The van der Waals surface area contributed by atoms with Crippen molar-refractivity contribution in [1.82, 2.24) is 0 Å². The first-order valence-corrected chi connectivity index (χ1v) is 4.52. The van der Waals surface area contributed by atoms with Crippen LogP contribution in [-0.2, 0) is 12.4 Å². The molecule has 0 fully saturated rings. The Hall–Kier alpha value is -1.60. The lowest BCUT2D eigenvalue weighted by molar-refractivity contribution is -0.163. The molecular formula is C10H8F6O2. The van der Waals surface area contributed by atoms with Gasteiger partial charge in [0.15, 0.2) is 0 Å². The third-order valence-corrected chi connectivity index (χ3v) is 2.14. The van der Waals surface area contributed by atoms with Crippen LogP contribution in [0.2, 0.25) is 0 Å². The number of methoxy groups -OCH3 is 2. The molecule has 8 heteroatoms. The van der Waals surface area contributed by atoms with Gasteiger partial charge >= 0.3 is 12.4 Å². The van der Waals surface area contributed by atoms with Crippen molar-refractivity contribution >= 4 is 0 Å². The van der Waals surface area contributed by atoms with E-state index in [1.54, 1.807) is 0 Å². The van der Waals surface area contributed by atoms with Crippen molar-refractivity contribution in [3.05, 3.63) is 23.3 Å². The van der Waals surface area contributed by atoms with Gasteiger partial charge in [-0.25, -0.2) is 0 Å². The fourth-order valence-corrected chi connectivity index (χ4v) is 1.47. The molecule has 102 valence electrons. The molecule has 0 amide bonds. The lowest BCUT2D eigenvalue weighted by atomic mass is 10.0. The van der Waals surface area contributed by atoms with E-state index in [0.29, 0.717) is 0 Å². The molecular weight excluding hydrogens is 266 g/mol. The summed E-state index contributed by atoms with van der Waals surface area (Å²) in [6, 6.07) is 1.55. The van der Waals surface area contributed by atoms with Crippen LogP contribution in [-0.4, -0.2) is 14.2 Å². The summed E-state index contributed by atoms with van der Waals surface area (Å²) in [6.45, 7) is 0. The summed E-state index contributed by atoms with van der Waals surface area (Å²) in [5.41, 5.74) is -3.78. The molecule has 0 aliphatic rings. The fourth-order valence-electron chi connectivity index (χ4n) is 1.47. The van der Waals surface area contributed by atoms with Gasteiger partial charge in [0.25, 0.3) is 0 Å². The smallest absolute Gasteiger partial charge is 0.420 e. The number of rotatable bonds is 2. The second kappa shape index (κ2) is 4.58. The van der Waals surface area contributed by atoms with Crippen LogP contribution in [0.5, 0.6) is 11.5 Å². The summed E-state index contributed by atoms with van der Waals surface area (Å²) in [6.07, 6.45) is -10.4. The van der Waals surface area contributed by atoms with Gasteiger partial charge in [0.1, 0.15) is 22.6 Å². The van der Waals surface area contributed by atoms with Crippen molar-refractivity contribution in [2.45, 2.75) is 12.4 Å². The molecule has 1 rings (SSSR count). The van der Waals surface area contributed by atoms with Gasteiger partial charge in [-0.05, 0) is 12.1 Å². The Bertz CT molecular complexity index is 394. The molecule has 0 atom stereocenters. The normalized spacial score (nSPS) is 12.4. The van der Waals surface area contributed by atoms with Gasteiger partial charge in [-0.3, -0.25) is 0 Å². The first-order valence-electron chi connectivity index (χ1n) is 4.52. The second-order valence-electron chi connectivity index (χ2n) is 3.22. The maximum atomic E-state index is 12.7. The highest BCUT2D eigenvalue weighted by Gasteiger charge is 2.48. The minimum absolute atomic E-state index is 0.775. The summed E-state index contributed by atoms with van der Waals surface area (Å²) >= 11 is 0. The standard InChI is InChI=1S/C10H8F6O2/c1-17-5-3-4-6(18-2)8(10(14,15)16)7(5)9(11,12)13/h3-4H,1-2H3. The Morgan fingerprint density at radius 3 is 1.17 bits per heavy atom. The number of alkyl halides is 6. The number of benzene rings is 1. The number of halogens is 6. The van der Waals surface area contributed by atoms with Crippen molar-refractivity contribution in [1.29, 1.82) is 0 Å². The third kappa shape index (κ3) is 2.62. The zero-order chi connectivity index (χ0) is 14.1. The highest BCUT2D eigenvalue weighted by molar-refractivity contribution is 5.51. The third-order valence-electron chi connectivity index (χ3n) is 2.14. The van der Waals surface area contributed by atoms with E-state index in [4.69, 9.17) is 0 Å². The van der Waals surface area contributed by atoms with E-state index in [1.165, 1.54) is 0 Å². The molecule has 0 aliphatic heterocycles. The summed E-state index contributed by atoms with van der Waals surface area (Å²) in [5, 5.41) is 0. The zero-order valence-electron chi connectivity index (χ0n) is 9.24. The molecule has 0 bridgehead atoms. The van der Waals surface area contributed by atoms with E-state index in [0.717, 1.165) is 26.4 Å². The summed E-state index contributed by atoms with van der Waals surface area (Å²) in [7, 11) is 1.72. The minimum atomic E-state index is -5.20. The van der Waals surface area contributed by atoms with Crippen LogP contribution in [0.3, 0.4) is 0 Å². The molecule has 0 unspecified atom stereocenters. The van der Waals surface area contributed by atoms with Gasteiger partial charge in [-0.2, -0.15) is 26.3 Å². The van der Waals surface area contributed by atoms with Crippen molar-refractivity contribution in [3.63, 3.8) is 0 Å². The molecule has 0 radical (unpaired) electrons. The average molecular weight is 274 g/mol. The second-order valence-corrected chi connectivity index (χ2v) is 3.22. The Morgan fingerprint density at radius 1 is 0.722 bits per heavy atom. The van der Waals surface area contributed by atoms with E-state index in [1.807, 2.05) is 0 Å². The lowest BCUT2D eigenvalue weighted by Crippen LogP contribution is -2.19. The van der Waals surface area contributed by atoms with E-state index in [2.05, 4.69) is 9.47 Å². The maximum absolute atomic E-state index is 12.7. The predicted octanol–water partition coefficient (Wildman–Crippen LogP) is 3.74. The highest BCUT2D eigenvalue weighted by atomic mass is 19.4. The molecule has 2 nitrogen and oxygen atoms in total. The van der Waals surface area contributed by atoms with Crippen LogP contribution in [0.25, 0.3) is 0 Å². The van der Waals surface area contributed by atoms with Crippen molar-refractivity contribution < 1.29 is 35.8 Å². The number of ether oxygens (including phenoxy) is 2. The summed E-state index contributed by atoms with van der Waals surface area (Å²) in [5.74, 6) is -1.81. The molecule has 0 heterocycles. The fraction of sp³-hybridized carbons (Fsp3) is 0.400. The highest BCUT2D eigenvalue weighted by Crippen LogP contribution is 2.48. The van der Waals surface area contributed by atoms with Gasteiger partial charge in [0.2, 0.25) is 0 Å². The molecule has 0 aliphatic carbocycles. The summed E-state index contributed by atoms with van der Waals surface area (Å²) in [4.78, 5) is 0. The zero-order valence-corrected chi connectivity index (χ0v) is 9.24. The molecule has 18 heavy (non-hydrogen) atoms. The minimum Gasteiger partial charge on any atom is -0.496 e. The number of hydrogen-bond donors (Lipinski definition) is 0. The monoisotopic (exact) mass is 274 g/mol. The molecule has 0 saturated carbocycles. The Kier molecular flexibility index (Phi) is 3.68. The predicted molar refractivity (Wildman–Crippen MR) is 49.6 cm³/mol. The van der Waals surface area contributed by atoms with Gasteiger partial charge < -0.3 is 9.47 Å². The van der Waals surface area contributed by atoms with Crippen LogP contribution in [0.1, 0.15) is 11.1 Å². The van der Waals surface area contributed by atoms with Crippen molar-refractivity contribution in [2.24, 2.45) is 0 Å².